The summed E-state index contributed by atoms with van der Waals surface area (Å²) in [6.07, 6.45) is 4.89. The number of hydrazine groups is 1. The van der Waals surface area contributed by atoms with E-state index < -0.39 is 29.4 Å². The van der Waals surface area contributed by atoms with Crippen molar-refractivity contribution < 1.29 is 19.2 Å². The molecule has 4 amide bonds. The van der Waals surface area contributed by atoms with Crippen LogP contribution in [0.5, 0.6) is 0 Å². The van der Waals surface area contributed by atoms with Gasteiger partial charge in [0.15, 0.2) is 0 Å². The fourth-order valence-corrected chi connectivity index (χ4v) is 5.20. The maximum atomic E-state index is 13.3. The second-order valence-electron chi connectivity index (χ2n) is 12.2. The number of nitrogens with one attached hydrogen (secondary N) is 4. The van der Waals surface area contributed by atoms with E-state index in [1.807, 2.05) is 58.0 Å². The van der Waals surface area contributed by atoms with Crippen LogP contribution in [0.4, 0.5) is 0 Å². The van der Waals surface area contributed by atoms with E-state index in [0.717, 1.165) is 27.7 Å². The minimum atomic E-state index is -0.917. The van der Waals surface area contributed by atoms with E-state index >= 15 is 0 Å². The van der Waals surface area contributed by atoms with Crippen LogP contribution < -0.4 is 21.4 Å². The monoisotopic (exact) mass is 562 g/mol. The number of pyridine rings is 1. The Morgan fingerprint density at radius 2 is 1.68 bits per heavy atom. The van der Waals surface area contributed by atoms with Gasteiger partial charge in [-0.1, -0.05) is 38.1 Å². The van der Waals surface area contributed by atoms with Crippen molar-refractivity contribution in [1.82, 2.24) is 31.4 Å². The average molecular weight is 563 g/mol. The summed E-state index contributed by atoms with van der Waals surface area (Å²) in [5.41, 5.74) is 5.51. The molecule has 4 rings (SSSR count). The number of carbonyl (C=O) groups excluding carboxylic acids is 4. The molecule has 0 saturated carbocycles. The standard InChI is InChI=1S/C31H42N6O4/c1-17(2)25-28(39)33-20(5)29(40)37-14-8-9-23(36-37)27(38)32-19(4)26-18(3)15-22-11-10-21(16-24(22)34-26)12-13-31(6,7)30(41)35-25/h10-13,15-17,19-20,23,25,36H,8-9,14H2,1-7H3,(H,32,38)(H,33,39)(H,35,41)/t19-,20+,23+,25+/m1/s1. The van der Waals surface area contributed by atoms with Crippen LogP contribution in [-0.2, 0) is 19.2 Å². The fraction of sp³-hybridized carbons (Fsp3) is 0.516. The SMILES string of the molecule is Cc1cc2ccc3cc2nc1[C@@H](C)NC(=O)[C@@H]1CCCN(N1)C(=O)[C@H](C)NC(=O)[C@H](C(C)C)NC(=O)C(C)(C)C=C3. The van der Waals surface area contributed by atoms with E-state index in [4.69, 9.17) is 4.98 Å². The van der Waals surface area contributed by atoms with E-state index in [0.29, 0.717) is 19.4 Å². The lowest BCUT2D eigenvalue weighted by Gasteiger charge is -2.35. The molecule has 10 nitrogen and oxygen atoms in total. The number of carbonyl (C=O) groups is 4. The zero-order chi connectivity index (χ0) is 30.1. The highest BCUT2D eigenvalue weighted by Crippen LogP contribution is 2.25. The Morgan fingerprint density at radius 1 is 0.976 bits per heavy atom. The van der Waals surface area contributed by atoms with Crippen molar-refractivity contribution in [2.45, 2.75) is 85.5 Å². The molecule has 0 spiro atoms. The van der Waals surface area contributed by atoms with Crippen LogP contribution in [0.3, 0.4) is 0 Å². The number of hydrogen-bond acceptors (Lipinski definition) is 6. The highest BCUT2D eigenvalue weighted by Gasteiger charge is 2.35. The molecule has 10 heteroatoms. The third-order valence-electron chi connectivity index (χ3n) is 7.85. The van der Waals surface area contributed by atoms with Gasteiger partial charge in [0.2, 0.25) is 17.7 Å². The quantitative estimate of drug-likeness (QED) is 0.423. The molecule has 4 N–H and O–H groups in total. The Morgan fingerprint density at radius 3 is 2.39 bits per heavy atom. The molecule has 4 atom stereocenters. The van der Waals surface area contributed by atoms with Gasteiger partial charge < -0.3 is 16.0 Å². The summed E-state index contributed by atoms with van der Waals surface area (Å²) < 4.78 is 0. The van der Waals surface area contributed by atoms with Crippen LogP contribution in [0.15, 0.2) is 30.3 Å². The number of amides is 4. The minimum absolute atomic E-state index is 0.213. The van der Waals surface area contributed by atoms with Gasteiger partial charge in [0.1, 0.15) is 18.1 Å². The van der Waals surface area contributed by atoms with E-state index in [1.54, 1.807) is 20.8 Å². The first-order valence-electron chi connectivity index (χ1n) is 14.4. The molecule has 1 aromatic heterocycles. The van der Waals surface area contributed by atoms with Gasteiger partial charge in [-0.25, -0.2) is 5.43 Å². The fourth-order valence-electron chi connectivity index (χ4n) is 5.20. The lowest BCUT2D eigenvalue weighted by Crippen LogP contribution is -2.62. The molecule has 2 aliphatic rings. The van der Waals surface area contributed by atoms with Gasteiger partial charge in [0.05, 0.1) is 22.7 Å². The molecule has 1 aromatic carbocycles. The van der Waals surface area contributed by atoms with Crippen molar-refractivity contribution in [3.05, 3.63) is 47.2 Å². The molecule has 0 radical (unpaired) electrons. The normalized spacial score (nSPS) is 26.1. The minimum Gasteiger partial charge on any atom is -0.347 e. The van der Waals surface area contributed by atoms with Gasteiger partial charge in [-0.3, -0.25) is 29.2 Å². The van der Waals surface area contributed by atoms with Crippen LogP contribution in [-0.4, -0.2) is 58.3 Å². The van der Waals surface area contributed by atoms with E-state index in [-0.39, 0.29) is 29.7 Å². The number of nitrogens with zero attached hydrogens (tertiary/aromatic N) is 2. The molecule has 3 heterocycles. The molecule has 5 bridgehead atoms. The molecule has 1 saturated heterocycles. The number of rotatable bonds is 1. The highest BCUT2D eigenvalue weighted by atomic mass is 16.2. The van der Waals surface area contributed by atoms with Gasteiger partial charge in [-0.2, -0.15) is 0 Å². The first kappa shape index (κ1) is 30.2. The molecule has 1 fully saturated rings. The summed E-state index contributed by atoms with van der Waals surface area (Å²) in [6.45, 7) is 13.2. The highest BCUT2D eigenvalue weighted by molar-refractivity contribution is 5.94. The van der Waals surface area contributed by atoms with Gasteiger partial charge in [-0.05, 0) is 76.6 Å². The third kappa shape index (κ3) is 6.75. The van der Waals surface area contributed by atoms with Gasteiger partial charge >= 0.3 is 0 Å². The van der Waals surface area contributed by atoms with Crippen molar-refractivity contribution in [1.29, 1.82) is 0 Å². The van der Waals surface area contributed by atoms with Gasteiger partial charge in [0, 0.05) is 11.9 Å². The molecule has 2 aromatic rings. The molecule has 0 unspecified atom stereocenters. The largest absolute Gasteiger partial charge is 0.347 e. The maximum absolute atomic E-state index is 13.3. The molecular formula is C31H42N6O4. The molecular weight excluding hydrogens is 520 g/mol. The number of hydrogen-bond donors (Lipinski definition) is 4. The van der Waals surface area contributed by atoms with Crippen LogP contribution in [0.2, 0.25) is 0 Å². The Labute approximate surface area is 241 Å². The van der Waals surface area contributed by atoms with Crippen molar-refractivity contribution >= 4 is 40.6 Å². The zero-order valence-electron chi connectivity index (χ0n) is 25.0. The lowest BCUT2D eigenvalue weighted by atomic mass is 9.89. The van der Waals surface area contributed by atoms with Crippen molar-refractivity contribution in [3.8, 4) is 0 Å². The molecule has 2 aliphatic heterocycles. The number of aryl methyl sites for hydroxylation is 1. The van der Waals surface area contributed by atoms with Gasteiger partial charge in [0.25, 0.3) is 5.91 Å². The topological polar surface area (TPSA) is 133 Å². The van der Waals surface area contributed by atoms with Gasteiger partial charge in [-0.15, -0.1) is 0 Å². The summed E-state index contributed by atoms with van der Waals surface area (Å²) in [5, 5.41) is 11.1. The number of fused-ring (bicyclic) bond motifs is 4. The van der Waals surface area contributed by atoms with Crippen LogP contribution in [0.1, 0.15) is 77.2 Å². The van der Waals surface area contributed by atoms with Crippen LogP contribution in [0, 0.1) is 18.3 Å². The van der Waals surface area contributed by atoms with Crippen LogP contribution >= 0.6 is 0 Å². The van der Waals surface area contributed by atoms with E-state index in [1.165, 1.54) is 5.01 Å². The number of benzene rings is 1. The van der Waals surface area contributed by atoms with Crippen LogP contribution in [0.25, 0.3) is 17.0 Å². The molecule has 220 valence electrons. The zero-order valence-corrected chi connectivity index (χ0v) is 25.0. The Bertz CT molecular complexity index is 1380. The van der Waals surface area contributed by atoms with E-state index in [9.17, 15) is 19.2 Å². The Balaban J connectivity index is 1.73. The molecule has 0 aliphatic carbocycles. The van der Waals surface area contributed by atoms with E-state index in [2.05, 4.69) is 27.4 Å². The summed E-state index contributed by atoms with van der Waals surface area (Å²) >= 11 is 0. The first-order chi connectivity index (χ1) is 19.3. The third-order valence-corrected chi connectivity index (χ3v) is 7.85. The second-order valence-corrected chi connectivity index (χ2v) is 12.2. The number of aromatic nitrogens is 1. The summed E-state index contributed by atoms with van der Waals surface area (Å²) in [7, 11) is 0. The first-order valence-corrected chi connectivity index (χ1v) is 14.4. The Hall–Kier alpha value is -3.79. The summed E-state index contributed by atoms with van der Waals surface area (Å²) in [4.78, 5) is 58.0. The second kappa shape index (κ2) is 12.0. The Kier molecular flexibility index (Phi) is 8.82. The van der Waals surface area contributed by atoms with Crippen molar-refractivity contribution in [2.75, 3.05) is 6.54 Å². The lowest BCUT2D eigenvalue weighted by molar-refractivity contribution is -0.143. The average Bonchev–Trinajstić information content (AvgIpc) is 2.93. The predicted octanol–water partition coefficient (Wildman–Crippen LogP) is 2.91. The maximum Gasteiger partial charge on any atom is 0.258 e. The summed E-state index contributed by atoms with van der Waals surface area (Å²) in [6, 6.07) is 5.31. The predicted molar refractivity (Wildman–Crippen MR) is 158 cm³/mol. The smallest absolute Gasteiger partial charge is 0.258 e. The summed E-state index contributed by atoms with van der Waals surface area (Å²) in [5.74, 6) is -1.53. The molecule has 41 heavy (non-hydrogen) atoms. The van der Waals surface area contributed by atoms with Crippen molar-refractivity contribution in [3.63, 3.8) is 0 Å². The van der Waals surface area contributed by atoms with Crippen molar-refractivity contribution in [2.24, 2.45) is 11.3 Å².